The lowest BCUT2D eigenvalue weighted by atomic mass is 10.1. The molecular formula is C11H12FN3S. The Morgan fingerprint density at radius 1 is 1.50 bits per heavy atom. The van der Waals surface area contributed by atoms with Gasteiger partial charge in [0.2, 0.25) is 0 Å². The molecule has 0 heterocycles. The van der Waals surface area contributed by atoms with E-state index in [0.717, 1.165) is 5.56 Å². The molecule has 3 nitrogen and oxygen atoms in total. The lowest BCUT2D eigenvalue weighted by molar-refractivity contribution is 0.626. The van der Waals surface area contributed by atoms with E-state index in [2.05, 4.69) is 10.3 Å². The van der Waals surface area contributed by atoms with Crippen LogP contribution >= 0.6 is 11.8 Å². The molecule has 0 saturated carbocycles. The Kier molecular flexibility index (Phi) is 4.80. The van der Waals surface area contributed by atoms with Gasteiger partial charge in [-0.25, -0.2) is 4.39 Å². The van der Waals surface area contributed by atoms with E-state index in [4.69, 9.17) is 5.26 Å². The number of halogens is 1. The molecule has 0 fully saturated rings. The zero-order valence-electron chi connectivity index (χ0n) is 9.07. The number of nitrogens with one attached hydrogen (secondary N) is 1. The molecule has 1 N–H and O–H groups in total. The van der Waals surface area contributed by atoms with E-state index in [1.807, 2.05) is 19.4 Å². The summed E-state index contributed by atoms with van der Waals surface area (Å²) in [5.74, 6) is -0.264. The van der Waals surface area contributed by atoms with E-state index in [-0.39, 0.29) is 11.9 Å². The first-order valence-corrected chi connectivity index (χ1v) is 5.92. The molecule has 1 aromatic carbocycles. The summed E-state index contributed by atoms with van der Waals surface area (Å²) >= 11 is 1.36. The Labute approximate surface area is 98.4 Å². The molecule has 0 aliphatic heterocycles. The van der Waals surface area contributed by atoms with Gasteiger partial charge in [0.1, 0.15) is 5.82 Å². The second-order valence-corrected chi connectivity index (χ2v) is 3.90. The van der Waals surface area contributed by atoms with Gasteiger partial charge in [-0.05, 0) is 30.9 Å². The van der Waals surface area contributed by atoms with E-state index in [1.54, 1.807) is 12.1 Å². The highest BCUT2D eigenvalue weighted by atomic mass is 32.2. The van der Waals surface area contributed by atoms with Gasteiger partial charge >= 0.3 is 0 Å². The number of rotatable bonds is 2. The van der Waals surface area contributed by atoms with E-state index in [9.17, 15) is 4.39 Å². The maximum atomic E-state index is 12.7. The highest BCUT2D eigenvalue weighted by molar-refractivity contribution is 8.13. The summed E-state index contributed by atoms with van der Waals surface area (Å²) in [6.45, 7) is 1.89. The van der Waals surface area contributed by atoms with E-state index in [1.165, 1.54) is 23.9 Å². The molecular weight excluding hydrogens is 225 g/mol. The third kappa shape index (κ3) is 3.55. The number of amidine groups is 1. The first kappa shape index (κ1) is 12.5. The smallest absolute Gasteiger partial charge is 0.183 e. The Morgan fingerprint density at radius 2 is 2.12 bits per heavy atom. The fourth-order valence-electron chi connectivity index (χ4n) is 1.18. The van der Waals surface area contributed by atoms with Crippen LogP contribution in [0.5, 0.6) is 0 Å². The third-order valence-electron chi connectivity index (χ3n) is 2.02. The number of aliphatic imine (C=N–C) groups is 1. The average molecular weight is 237 g/mol. The summed E-state index contributed by atoms with van der Waals surface area (Å²) in [6.07, 6.45) is 3.66. The second kappa shape index (κ2) is 6.13. The predicted octanol–water partition coefficient (Wildman–Crippen LogP) is 2.68. The van der Waals surface area contributed by atoms with Crippen LogP contribution in [-0.4, -0.2) is 11.4 Å². The van der Waals surface area contributed by atoms with Gasteiger partial charge in [-0.1, -0.05) is 23.9 Å². The largest absolute Gasteiger partial charge is 0.272 e. The van der Waals surface area contributed by atoms with Crippen LogP contribution in [0.2, 0.25) is 0 Å². The van der Waals surface area contributed by atoms with Crippen molar-refractivity contribution < 1.29 is 4.39 Å². The first-order valence-electron chi connectivity index (χ1n) is 4.69. The molecule has 1 aromatic rings. The van der Waals surface area contributed by atoms with Crippen molar-refractivity contribution in [3.63, 3.8) is 0 Å². The normalized spacial score (nSPS) is 13.0. The fourth-order valence-corrected chi connectivity index (χ4v) is 1.59. The van der Waals surface area contributed by atoms with Crippen LogP contribution in [0.3, 0.4) is 0 Å². The molecule has 1 atom stereocenters. The first-order chi connectivity index (χ1) is 7.67. The summed E-state index contributed by atoms with van der Waals surface area (Å²) in [5, 5.41) is 11.5. The van der Waals surface area contributed by atoms with Crippen molar-refractivity contribution in [3.8, 4) is 6.19 Å². The van der Waals surface area contributed by atoms with Crippen molar-refractivity contribution >= 4 is 16.9 Å². The number of benzene rings is 1. The maximum absolute atomic E-state index is 12.7. The SMILES string of the molecule is CSC(=NC(C)c1ccc(F)cc1)NC#N. The van der Waals surface area contributed by atoms with Crippen LogP contribution in [0, 0.1) is 17.3 Å². The Bertz CT molecular complexity index is 408. The predicted molar refractivity (Wildman–Crippen MR) is 64.5 cm³/mol. The fraction of sp³-hybridized carbons (Fsp3) is 0.273. The molecule has 0 aliphatic rings. The van der Waals surface area contributed by atoms with Crippen LogP contribution in [0.1, 0.15) is 18.5 Å². The minimum Gasteiger partial charge on any atom is -0.272 e. The molecule has 5 heteroatoms. The Hall–Kier alpha value is -1.54. The molecule has 0 aromatic heterocycles. The van der Waals surface area contributed by atoms with Crippen molar-refractivity contribution in [2.24, 2.45) is 4.99 Å². The van der Waals surface area contributed by atoms with Crippen molar-refractivity contribution in [3.05, 3.63) is 35.6 Å². The van der Waals surface area contributed by atoms with Crippen molar-refractivity contribution in [1.29, 1.82) is 5.26 Å². The number of thioether (sulfide) groups is 1. The van der Waals surface area contributed by atoms with Gasteiger partial charge in [-0.2, -0.15) is 5.26 Å². The maximum Gasteiger partial charge on any atom is 0.183 e. The topological polar surface area (TPSA) is 48.2 Å². The van der Waals surface area contributed by atoms with Gasteiger partial charge in [0, 0.05) is 0 Å². The molecule has 16 heavy (non-hydrogen) atoms. The van der Waals surface area contributed by atoms with Gasteiger partial charge < -0.3 is 0 Å². The zero-order valence-corrected chi connectivity index (χ0v) is 9.88. The van der Waals surface area contributed by atoms with Crippen LogP contribution in [0.15, 0.2) is 29.3 Å². The molecule has 0 amide bonds. The number of hydrogen-bond acceptors (Lipinski definition) is 3. The third-order valence-corrected chi connectivity index (χ3v) is 2.61. The van der Waals surface area contributed by atoms with Crippen LogP contribution in [0.25, 0.3) is 0 Å². The van der Waals surface area contributed by atoms with Crippen molar-refractivity contribution in [1.82, 2.24) is 5.32 Å². The molecule has 0 aliphatic carbocycles. The zero-order chi connectivity index (χ0) is 12.0. The highest BCUT2D eigenvalue weighted by Gasteiger charge is 2.05. The molecule has 0 spiro atoms. The number of nitriles is 1. The lowest BCUT2D eigenvalue weighted by Crippen LogP contribution is -2.14. The minimum absolute atomic E-state index is 0.108. The minimum atomic E-state index is -0.264. The average Bonchev–Trinajstić information content (AvgIpc) is 2.29. The quantitative estimate of drug-likeness (QED) is 0.372. The summed E-state index contributed by atoms with van der Waals surface area (Å²) in [5.41, 5.74) is 0.910. The van der Waals surface area contributed by atoms with Gasteiger partial charge in [-0.15, -0.1) is 0 Å². The van der Waals surface area contributed by atoms with Crippen molar-refractivity contribution in [2.45, 2.75) is 13.0 Å². The van der Waals surface area contributed by atoms with Gasteiger partial charge in [0.25, 0.3) is 0 Å². The van der Waals surface area contributed by atoms with Gasteiger partial charge in [0.15, 0.2) is 11.4 Å². The van der Waals surface area contributed by atoms with Gasteiger partial charge in [-0.3, -0.25) is 10.3 Å². The van der Waals surface area contributed by atoms with Crippen LogP contribution in [0.4, 0.5) is 4.39 Å². The number of nitrogens with zero attached hydrogens (tertiary/aromatic N) is 2. The standard InChI is InChI=1S/C11H12FN3S/c1-8(15-11(16-2)14-7-13)9-3-5-10(12)6-4-9/h3-6,8H,1-2H3,(H,14,15). The molecule has 0 saturated heterocycles. The van der Waals surface area contributed by atoms with Crippen LogP contribution < -0.4 is 5.32 Å². The lowest BCUT2D eigenvalue weighted by Gasteiger charge is -2.08. The van der Waals surface area contributed by atoms with Crippen LogP contribution in [-0.2, 0) is 0 Å². The summed E-state index contributed by atoms with van der Waals surface area (Å²) in [7, 11) is 0. The summed E-state index contributed by atoms with van der Waals surface area (Å²) in [6, 6.07) is 6.07. The Morgan fingerprint density at radius 3 is 2.62 bits per heavy atom. The molecule has 1 unspecified atom stereocenters. The molecule has 0 bridgehead atoms. The second-order valence-electron chi connectivity index (χ2n) is 3.10. The van der Waals surface area contributed by atoms with Gasteiger partial charge in [0.05, 0.1) is 6.04 Å². The number of hydrogen-bond donors (Lipinski definition) is 1. The Balaban J connectivity index is 2.81. The molecule has 0 radical (unpaired) electrons. The van der Waals surface area contributed by atoms with Crippen molar-refractivity contribution in [2.75, 3.05) is 6.26 Å². The van der Waals surface area contributed by atoms with E-state index < -0.39 is 0 Å². The van der Waals surface area contributed by atoms with E-state index in [0.29, 0.717) is 5.17 Å². The molecule has 84 valence electrons. The molecule has 1 rings (SSSR count). The summed E-state index contributed by atoms with van der Waals surface area (Å²) < 4.78 is 12.7. The monoisotopic (exact) mass is 237 g/mol. The van der Waals surface area contributed by atoms with E-state index >= 15 is 0 Å². The summed E-state index contributed by atoms with van der Waals surface area (Å²) in [4.78, 5) is 4.31. The highest BCUT2D eigenvalue weighted by Crippen LogP contribution is 2.18.